The summed E-state index contributed by atoms with van der Waals surface area (Å²) < 4.78 is 23.7. The van der Waals surface area contributed by atoms with Gasteiger partial charge in [-0.05, 0) is 40.9 Å². The Morgan fingerprint density at radius 1 is 1.29 bits per heavy atom. The van der Waals surface area contributed by atoms with Crippen LogP contribution in [-0.2, 0) is 10.0 Å². The van der Waals surface area contributed by atoms with Crippen LogP contribution < -0.4 is 5.14 Å². The van der Waals surface area contributed by atoms with Gasteiger partial charge >= 0.3 is 0 Å². The van der Waals surface area contributed by atoms with Gasteiger partial charge in [-0.25, -0.2) is 13.6 Å². The molecule has 90 valence electrons. The van der Waals surface area contributed by atoms with Crippen LogP contribution in [0.15, 0.2) is 34.3 Å². The fourth-order valence-electron chi connectivity index (χ4n) is 1.25. The molecule has 1 aromatic heterocycles. The van der Waals surface area contributed by atoms with Gasteiger partial charge in [-0.2, -0.15) is 4.68 Å². The van der Waals surface area contributed by atoms with Crippen LogP contribution in [0.1, 0.15) is 0 Å². The summed E-state index contributed by atoms with van der Waals surface area (Å²) in [7, 11) is -3.67. The highest BCUT2D eigenvalue weighted by molar-refractivity contribution is 7.98. The Bertz CT molecular complexity index is 620. The fourth-order valence-corrected chi connectivity index (χ4v) is 2.19. The van der Waals surface area contributed by atoms with Crippen molar-refractivity contribution in [3.63, 3.8) is 0 Å². The summed E-state index contributed by atoms with van der Waals surface area (Å²) in [6.45, 7) is 0. The molecule has 7 nitrogen and oxygen atoms in total. The van der Waals surface area contributed by atoms with E-state index in [4.69, 9.17) is 5.14 Å². The van der Waals surface area contributed by atoms with E-state index in [0.717, 1.165) is 0 Å². The van der Waals surface area contributed by atoms with Gasteiger partial charge in [-0.15, -0.1) is 5.10 Å². The van der Waals surface area contributed by atoms with Gasteiger partial charge in [0.25, 0.3) is 0 Å². The van der Waals surface area contributed by atoms with Gasteiger partial charge in [0.1, 0.15) is 0 Å². The predicted molar refractivity (Wildman–Crippen MR) is 62.3 cm³/mol. The van der Waals surface area contributed by atoms with Crippen LogP contribution in [0.5, 0.6) is 0 Å². The quantitative estimate of drug-likeness (QED) is 0.790. The molecule has 0 bridgehead atoms. The van der Waals surface area contributed by atoms with Crippen molar-refractivity contribution in [1.82, 2.24) is 20.2 Å². The number of tetrazole rings is 1. The Labute approximate surface area is 102 Å². The average molecular weight is 271 g/mol. The van der Waals surface area contributed by atoms with Gasteiger partial charge in [0, 0.05) is 0 Å². The molecule has 1 aromatic carbocycles. The van der Waals surface area contributed by atoms with E-state index in [0.29, 0.717) is 10.8 Å². The molecule has 0 saturated carbocycles. The Morgan fingerprint density at radius 3 is 2.47 bits per heavy atom. The zero-order chi connectivity index (χ0) is 12.5. The summed E-state index contributed by atoms with van der Waals surface area (Å²) >= 11 is 1.39. The standard InChI is InChI=1S/C8H9N5O2S2/c1-16-8-10-11-12-13(8)6-2-4-7(5-3-6)17(9,14)15/h2-5H,1H3,(H2,9,14,15). The van der Waals surface area contributed by atoms with Crippen LogP contribution >= 0.6 is 11.8 Å². The molecule has 2 N–H and O–H groups in total. The minimum atomic E-state index is -3.67. The van der Waals surface area contributed by atoms with E-state index >= 15 is 0 Å². The van der Waals surface area contributed by atoms with Crippen molar-refractivity contribution < 1.29 is 8.42 Å². The minimum absolute atomic E-state index is 0.0556. The topological polar surface area (TPSA) is 104 Å². The van der Waals surface area contributed by atoms with Crippen molar-refractivity contribution in [3.05, 3.63) is 24.3 Å². The van der Waals surface area contributed by atoms with E-state index in [1.54, 1.807) is 12.1 Å². The van der Waals surface area contributed by atoms with Gasteiger partial charge < -0.3 is 0 Å². The van der Waals surface area contributed by atoms with E-state index in [-0.39, 0.29) is 4.90 Å². The third-order valence-electron chi connectivity index (χ3n) is 2.03. The van der Waals surface area contributed by atoms with Crippen LogP contribution in [0.25, 0.3) is 5.69 Å². The molecule has 0 aliphatic heterocycles. The minimum Gasteiger partial charge on any atom is -0.225 e. The molecule has 0 aliphatic rings. The first-order valence-corrected chi connectivity index (χ1v) is 7.25. The van der Waals surface area contributed by atoms with Gasteiger partial charge in [0.15, 0.2) is 0 Å². The number of thioether (sulfide) groups is 1. The highest BCUT2D eigenvalue weighted by Gasteiger charge is 2.10. The number of aromatic nitrogens is 4. The fraction of sp³-hybridized carbons (Fsp3) is 0.125. The maximum Gasteiger partial charge on any atom is 0.238 e. The van der Waals surface area contributed by atoms with E-state index in [2.05, 4.69) is 15.5 Å². The van der Waals surface area contributed by atoms with Gasteiger partial charge in [-0.1, -0.05) is 11.8 Å². The number of primary sulfonamides is 1. The van der Waals surface area contributed by atoms with Crippen molar-refractivity contribution in [3.8, 4) is 5.69 Å². The molecule has 0 fully saturated rings. The normalized spacial score (nSPS) is 11.6. The lowest BCUT2D eigenvalue weighted by molar-refractivity contribution is 0.597. The Morgan fingerprint density at radius 2 is 1.94 bits per heavy atom. The molecule has 0 unspecified atom stereocenters. The second-order valence-corrected chi connectivity index (χ2v) is 5.45. The monoisotopic (exact) mass is 271 g/mol. The molecule has 2 rings (SSSR count). The smallest absolute Gasteiger partial charge is 0.225 e. The summed E-state index contributed by atoms with van der Waals surface area (Å²) in [6.07, 6.45) is 1.85. The van der Waals surface area contributed by atoms with Crippen LogP contribution in [0.4, 0.5) is 0 Å². The first-order valence-electron chi connectivity index (χ1n) is 4.48. The van der Waals surface area contributed by atoms with Crippen molar-refractivity contribution in [2.24, 2.45) is 5.14 Å². The summed E-state index contributed by atoms with van der Waals surface area (Å²) in [4.78, 5) is 0.0556. The van der Waals surface area contributed by atoms with Crippen LogP contribution in [-0.4, -0.2) is 34.9 Å². The zero-order valence-electron chi connectivity index (χ0n) is 8.81. The van der Waals surface area contributed by atoms with Crippen molar-refractivity contribution >= 4 is 21.8 Å². The van der Waals surface area contributed by atoms with Gasteiger partial charge in [0.2, 0.25) is 15.2 Å². The molecule has 9 heteroatoms. The van der Waals surface area contributed by atoms with Crippen LogP contribution in [0.3, 0.4) is 0 Å². The third-order valence-corrected chi connectivity index (χ3v) is 3.58. The second kappa shape index (κ2) is 4.43. The Hall–Kier alpha value is -1.45. The molecule has 0 saturated heterocycles. The summed E-state index contributed by atoms with van der Waals surface area (Å²) in [5.41, 5.74) is 0.673. The molecule has 0 amide bonds. The zero-order valence-corrected chi connectivity index (χ0v) is 10.4. The molecule has 1 heterocycles. The molecule has 17 heavy (non-hydrogen) atoms. The number of rotatable bonds is 3. The highest BCUT2D eigenvalue weighted by Crippen LogP contribution is 2.16. The molecule has 2 aromatic rings. The lowest BCUT2D eigenvalue weighted by atomic mass is 10.3. The highest BCUT2D eigenvalue weighted by atomic mass is 32.2. The summed E-state index contributed by atoms with van der Waals surface area (Å²) in [5, 5.41) is 16.8. The van der Waals surface area contributed by atoms with Crippen molar-refractivity contribution in [2.45, 2.75) is 10.1 Å². The number of hydrogen-bond acceptors (Lipinski definition) is 6. The van der Waals surface area contributed by atoms with Crippen molar-refractivity contribution in [2.75, 3.05) is 6.26 Å². The van der Waals surface area contributed by atoms with E-state index < -0.39 is 10.0 Å². The second-order valence-electron chi connectivity index (χ2n) is 3.12. The number of nitrogens with two attached hydrogens (primary N) is 1. The predicted octanol–water partition coefficient (Wildman–Crippen LogP) is 0.0316. The van der Waals surface area contributed by atoms with E-state index in [9.17, 15) is 8.42 Å². The van der Waals surface area contributed by atoms with Crippen molar-refractivity contribution in [1.29, 1.82) is 0 Å². The lowest BCUT2D eigenvalue weighted by Crippen LogP contribution is -2.12. The Balaban J connectivity index is 2.43. The molecular formula is C8H9N5O2S2. The third kappa shape index (κ3) is 2.46. The largest absolute Gasteiger partial charge is 0.238 e. The summed E-state index contributed by atoms with van der Waals surface area (Å²) in [6, 6.07) is 6.01. The average Bonchev–Trinajstić information content (AvgIpc) is 2.76. The number of hydrogen-bond donors (Lipinski definition) is 1. The Kier molecular flexibility index (Phi) is 3.13. The van der Waals surface area contributed by atoms with E-state index in [1.807, 2.05) is 6.26 Å². The number of sulfonamides is 1. The maximum atomic E-state index is 11.1. The van der Waals surface area contributed by atoms with Gasteiger partial charge in [0.05, 0.1) is 10.6 Å². The molecule has 0 atom stereocenters. The maximum absolute atomic E-state index is 11.1. The van der Waals surface area contributed by atoms with Crippen LogP contribution in [0.2, 0.25) is 0 Å². The molecule has 0 aliphatic carbocycles. The molecule has 0 spiro atoms. The number of benzene rings is 1. The molecular weight excluding hydrogens is 262 g/mol. The van der Waals surface area contributed by atoms with Gasteiger partial charge in [-0.3, -0.25) is 0 Å². The first kappa shape index (κ1) is 12.0. The summed E-state index contributed by atoms with van der Waals surface area (Å²) in [5.74, 6) is 0. The van der Waals surface area contributed by atoms with Crippen LogP contribution in [0, 0.1) is 0 Å². The first-order chi connectivity index (χ1) is 8.02. The lowest BCUT2D eigenvalue weighted by Gasteiger charge is -2.03. The molecule has 0 radical (unpaired) electrons. The number of nitrogens with zero attached hydrogens (tertiary/aromatic N) is 4. The van der Waals surface area contributed by atoms with E-state index in [1.165, 1.54) is 28.6 Å². The SMILES string of the molecule is CSc1nnnn1-c1ccc(S(N)(=O)=O)cc1.